The maximum Gasteiger partial charge on any atom is 0.573 e. The molecule has 94 valence electrons. The molecule has 0 saturated heterocycles. The zero-order valence-electron chi connectivity index (χ0n) is 8.03. The largest absolute Gasteiger partial charge is 0.573 e. The zero-order valence-corrected chi connectivity index (χ0v) is 8.03. The Balaban J connectivity index is 3.07. The molecule has 0 amide bonds. The molecular weight excluding hydrogens is 250 g/mol. The molecule has 0 fully saturated rings. The number of benzene rings is 1. The summed E-state index contributed by atoms with van der Waals surface area (Å²) in [6, 6.07) is 2.03. The Morgan fingerprint density at radius 1 is 1.24 bits per heavy atom. The van der Waals surface area contributed by atoms with Crippen LogP contribution < -0.4 is 9.47 Å². The highest BCUT2D eigenvalue weighted by molar-refractivity contribution is 5.46. The van der Waals surface area contributed by atoms with Crippen molar-refractivity contribution in [1.29, 1.82) is 0 Å². The molecule has 0 aromatic heterocycles. The third-order valence-electron chi connectivity index (χ3n) is 1.53. The summed E-state index contributed by atoms with van der Waals surface area (Å²) in [7, 11) is 0. The lowest BCUT2D eigenvalue weighted by molar-refractivity contribution is -0.385. The van der Waals surface area contributed by atoms with Gasteiger partial charge in [0, 0.05) is 6.07 Å². The molecule has 0 aliphatic rings. The Hall–Kier alpha value is -2.06. The van der Waals surface area contributed by atoms with E-state index in [-0.39, 0.29) is 0 Å². The van der Waals surface area contributed by atoms with Gasteiger partial charge in [-0.3, -0.25) is 10.1 Å². The average Bonchev–Trinajstić information content (AvgIpc) is 2.14. The van der Waals surface area contributed by atoms with Gasteiger partial charge >= 0.3 is 6.36 Å². The number of halogens is 4. The minimum absolute atomic E-state index is 0.430. The molecular formula is C8H5F4NO4. The monoisotopic (exact) mass is 255 g/mol. The first-order valence-electron chi connectivity index (χ1n) is 4.06. The van der Waals surface area contributed by atoms with Crippen molar-refractivity contribution in [3.8, 4) is 11.5 Å². The van der Waals surface area contributed by atoms with E-state index in [2.05, 4.69) is 9.47 Å². The van der Waals surface area contributed by atoms with E-state index in [1.54, 1.807) is 0 Å². The van der Waals surface area contributed by atoms with Gasteiger partial charge in [-0.25, -0.2) is 4.39 Å². The fraction of sp³-hybridized carbons (Fsp3) is 0.250. The lowest BCUT2D eigenvalue weighted by Crippen LogP contribution is -2.17. The van der Waals surface area contributed by atoms with Gasteiger partial charge in [-0.05, 0) is 0 Å². The maximum atomic E-state index is 11.9. The number of nitro groups is 1. The Bertz CT molecular complexity index is 420. The normalized spacial score (nSPS) is 11.1. The van der Waals surface area contributed by atoms with Crippen molar-refractivity contribution in [2.24, 2.45) is 0 Å². The van der Waals surface area contributed by atoms with Crippen LogP contribution in [0.5, 0.6) is 11.5 Å². The quantitative estimate of drug-likeness (QED) is 0.471. The summed E-state index contributed by atoms with van der Waals surface area (Å²) in [5, 5.41) is 10.4. The highest BCUT2D eigenvalue weighted by Gasteiger charge is 2.32. The Morgan fingerprint density at radius 2 is 1.82 bits per heavy atom. The summed E-state index contributed by atoms with van der Waals surface area (Å²) in [6.07, 6.45) is -5.00. The summed E-state index contributed by atoms with van der Waals surface area (Å²) < 4.78 is 55.2. The number of ether oxygens (including phenoxy) is 2. The van der Waals surface area contributed by atoms with Gasteiger partial charge in [-0.1, -0.05) is 0 Å². The van der Waals surface area contributed by atoms with Crippen LogP contribution in [0.25, 0.3) is 0 Å². The molecule has 0 aliphatic heterocycles. The number of non-ortho nitro benzene ring substituents is 1. The molecule has 0 atom stereocenters. The SMILES string of the molecule is O=[N+]([O-])c1cc(OCF)cc(OC(F)(F)F)c1. The van der Waals surface area contributed by atoms with Crippen LogP contribution in [0.15, 0.2) is 18.2 Å². The van der Waals surface area contributed by atoms with Crippen LogP contribution >= 0.6 is 0 Å². The van der Waals surface area contributed by atoms with E-state index >= 15 is 0 Å². The standard InChI is InChI=1S/C8H5F4NO4/c9-4-16-6-1-5(13(14)15)2-7(3-6)17-8(10,11)12/h1-3H,4H2. The van der Waals surface area contributed by atoms with Crippen molar-refractivity contribution < 1.29 is 32.0 Å². The second-order valence-corrected chi connectivity index (χ2v) is 2.72. The molecule has 5 nitrogen and oxygen atoms in total. The van der Waals surface area contributed by atoms with E-state index in [0.29, 0.717) is 12.1 Å². The van der Waals surface area contributed by atoms with Gasteiger partial charge in [0.2, 0.25) is 6.86 Å². The first-order chi connectivity index (χ1) is 7.81. The smallest absolute Gasteiger partial charge is 0.463 e. The molecule has 1 aromatic rings. The topological polar surface area (TPSA) is 61.6 Å². The second-order valence-electron chi connectivity index (χ2n) is 2.72. The molecule has 0 radical (unpaired) electrons. The van der Waals surface area contributed by atoms with Crippen LogP contribution in [0.2, 0.25) is 0 Å². The third-order valence-corrected chi connectivity index (χ3v) is 1.53. The van der Waals surface area contributed by atoms with Crippen molar-refractivity contribution in [3.63, 3.8) is 0 Å². The molecule has 0 unspecified atom stereocenters. The van der Waals surface area contributed by atoms with Crippen LogP contribution in [-0.4, -0.2) is 18.1 Å². The number of rotatable bonds is 4. The predicted molar refractivity (Wildman–Crippen MR) is 46.4 cm³/mol. The summed E-state index contributed by atoms with van der Waals surface area (Å²) in [6.45, 7) is -1.33. The molecule has 1 rings (SSSR count). The van der Waals surface area contributed by atoms with Crippen molar-refractivity contribution in [2.75, 3.05) is 6.86 Å². The van der Waals surface area contributed by atoms with Crippen LogP contribution in [0.1, 0.15) is 0 Å². The molecule has 0 aliphatic carbocycles. The summed E-state index contributed by atoms with van der Waals surface area (Å²) in [5.74, 6) is -1.28. The zero-order chi connectivity index (χ0) is 13.1. The summed E-state index contributed by atoms with van der Waals surface area (Å²) in [4.78, 5) is 9.44. The minimum atomic E-state index is -5.00. The van der Waals surface area contributed by atoms with Gasteiger partial charge in [0.25, 0.3) is 5.69 Å². The van der Waals surface area contributed by atoms with Crippen molar-refractivity contribution >= 4 is 5.69 Å². The van der Waals surface area contributed by atoms with Crippen molar-refractivity contribution in [3.05, 3.63) is 28.3 Å². The molecule has 17 heavy (non-hydrogen) atoms. The first-order valence-corrected chi connectivity index (χ1v) is 4.06. The molecule has 0 N–H and O–H groups in total. The summed E-state index contributed by atoms with van der Waals surface area (Å²) in [5.41, 5.74) is -0.699. The second kappa shape index (κ2) is 4.85. The fourth-order valence-electron chi connectivity index (χ4n) is 1.00. The van der Waals surface area contributed by atoms with Crippen LogP contribution in [0.3, 0.4) is 0 Å². The van der Waals surface area contributed by atoms with Gasteiger partial charge in [-0.15, -0.1) is 13.2 Å². The molecule has 1 aromatic carbocycles. The number of alkyl halides is 4. The van der Waals surface area contributed by atoms with Gasteiger partial charge in [-0.2, -0.15) is 0 Å². The molecule has 0 heterocycles. The Morgan fingerprint density at radius 3 is 2.29 bits per heavy atom. The average molecular weight is 255 g/mol. The highest BCUT2D eigenvalue weighted by atomic mass is 19.4. The van der Waals surface area contributed by atoms with Crippen molar-refractivity contribution in [1.82, 2.24) is 0 Å². The maximum absolute atomic E-state index is 11.9. The predicted octanol–water partition coefficient (Wildman–Crippen LogP) is 2.80. The van der Waals surface area contributed by atoms with Crippen LogP contribution in [0, 0.1) is 10.1 Å². The van der Waals surface area contributed by atoms with E-state index < -0.39 is 35.3 Å². The number of nitro benzene ring substituents is 1. The highest BCUT2D eigenvalue weighted by Crippen LogP contribution is 2.31. The van der Waals surface area contributed by atoms with Gasteiger partial charge in [0.15, 0.2) is 0 Å². The molecule has 0 bridgehead atoms. The Kier molecular flexibility index (Phi) is 3.71. The lowest BCUT2D eigenvalue weighted by atomic mass is 10.3. The lowest BCUT2D eigenvalue weighted by Gasteiger charge is -2.09. The Labute approximate surface area is 91.7 Å². The molecule has 0 spiro atoms. The van der Waals surface area contributed by atoms with E-state index in [4.69, 9.17) is 0 Å². The van der Waals surface area contributed by atoms with Crippen LogP contribution in [0.4, 0.5) is 23.2 Å². The van der Waals surface area contributed by atoms with E-state index in [1.165, 1.54) is 0 Å². The number of hydrogen-bond acceptors (Lipinski definition) is 4. The molecule has 0 saturated carbocycles. The van der Waals surface area contributed by atoms with E-state index in [1.807, 2.05) is 0 Å². The number of nitrogens with zero attached hydrogens (tertiary/aromatic N) is 1. The van der Waals surface area contributed by atoms with Gasteiger partial charge < -0.3 is 9.47 Å². The van der Waals surface area contributed by atoms with Crippen LogP contribution in [-0.2, 0) is 0 Å². The van der Waals surface area contributed by atoms with Crippen molar-refractivity contribution in [2.45, 2.75) is 6.36 Å². The fourth-order valence-corrected chi connectivity index (χ4v) is 1.00. The first kappa shape index (κ1) is 13.0. The third kappa shape index (κ3) is 4.13. The summed E-state index contributed by atoms with van der Waals surface area (Å²) >= 11 is 0. The van der Waals surface area contributed by atoms with Gasteiger partial charge in [0.1, 0.15) is 11.5 Å². The van der Waals surface area contributed by atoms with Gasteiger partial charge in [0.05, 0.1) is 17.1 Å². The van der Waals surface area contributed by atoms with E-state index in [9.17, 15) is 27.7 Å². The van der Waals surface area contributed by atoms with E-state index in [0.717, 1.165) is 6.07 Å². The number of hydrogen-bond donors (Lipinski definition) is 0. The molecule has 9 heteroatoms. The minimum Gasteiger partial charge on any atom is -0.463 e.